The lowest BCUT2D eigenvalue weighted by Gasteiger charge is -2.18. The van der Waals surface area contributed by atoms with E-state index >= 15 is 0 Å². The van der Waals surface area contributed by atoms with E-state index in [1.165, 1.54) is 0 Å². The minimum Gasteiger partial charge on any atom is -0.378 e. The van der Waals surface area contributed by atoms with Crippen molar-refractivity contribution >= 4 is 29.2 Å². The zero-order chi connectivity index (χ0) is 22.1. The van der Waals surface area contributed by atoms with E-state index in [4.69, 9.17) is 5.10 Å². The van der Waals surface area contributed by atoms with E-state index in [-0.39, 0.29) is 11.2 Å². The third-order valence-corrected chi connectivity index (χ3v) is 6.85. The maximum Gasteiger partial charge on any atom is 0.235 e. The van der Waals surface area contributed by atoms with E-state index in [0.29, 0.717) is 5.75 Å². The minimum atomic E-state index is -0.0205. The molecular formula is C26H24N4OS. The van der Waals surface area contributed by atoms with Crippen molar-refractivity contribution in [3.8, 4) is 16.9 Å². The monoisotopic (exact) mass is 440 g/mol. The molecule has 0 radical (unpaired) electrons. The minimum absolute atomic E-state index is 0.0136. The highest BCUT2D eigenvalue weighted by Gasteiger charge is 2.32. The summed E-state index contributed by atoms with van der Waals surface area (Å²) in [6, 6.07) is 28.7. The Morgan fingerprint density at radius 3 is 2.25 bits per heavy atom. The number of para-hydroxylation sites is 1. The second kappa shape index (κ2) is 8.55. The first-order chi connectivity index (χ1) is 15.6. The first-order valence-electron chi connectivity index (χ1n) is 10.5. The number of thioether (sulfide) groups is 1. The fourth-order valence-electron chi connectivity index (χ4n) is 3.98. The van der Waals surface area contributed by atoms with Gasteiger partial charge >= 0.3 is 0 Å². The third-order valence-electron chi connectivity index (χ3n) is 5.58. The Hall–Kier alpha value is -3.51. The summed E-state index contributed by atoms with van der Waals surface area (Å²) < 4.78 is 1.86. The molecule has 1 aliphatic heterocycles. The average Bonchev–Trinajstić information content (AvgIpc) is 3.10. The van der Waals surface area contributed by atoms with Crippen molar-refractivity contribution in [2.24, 2.45) is 0 Å². The molecule has 1 aromatic heterocycles. The second-order valence-electron chi connectivity index (χ2n) is 7.95. The van der Waals surface area contributed by atoms with Crippen LogP contribution < -0.4 is 10.2 Å². The highest BCUT2D eigenvalue weighted by atomic mass is 32.2. The van der Waals surface area contributed by atoms with Crippen LogP contribution in [-0.2, 0) is 4.79 Å². The molecular weight excluding hydrogens is 416 g/mol. The molecule has 160 valence electrons. The molecule has 6 heteroatoms. The van der Waals surface area contributed by atoms with E-state index in [2.05, 4.69) is 46.6 Å². The third kappa shape index (κ3) is 3.78. The smallest absolute Gasteiger partial charge is 0.235 e. The molecule has 0 spiro atoms. The van der Waals surface area contributed by atoms with E-state index in [9.17, 15) is 4.79 Å². The van der Waals surface area contributed by atoms with Gasteiger partial charge < -0.3 is 10.2 Å². The Labute approximate surface area is 192 Å². The number of carbonyl (C=O) groups is 1. The maximum atomic E-state index is 12.7. The van der Waals surface area contributed by atoms with Crippen molar-refractivity contribution in [2.75, 3.05) is 30.1 Å². The Kier molecular flexibility index (Phi) is 5.45. The number of hydrogen-bond donors (Lipinski definition) is 1. The van der Waals surface area contributed by atoms with Crippen molar-refractivity contribution in [3.05, 3.63) is 96.1 Å². The predicted molar refractivity (Wildman–Crippen MR) is 133 cm³/mol. The van der Waals surface area contributed by atoms with Gasteiger partial charge in [-0.05, 0) is 29.8 Å². The van der Waals surface area contributed by atoms with Crippen molar-refractivity contribution in [1.29, 1.82) is 0 Å². The van der Waals surface area contributed by atoms with Crippen molar-refractivity contribution in [3.63, 3.8) is 0 Å². The summed E-state index contributed by atoms with van der Waals surface area (Å²) in [5.74, 6) is 1.12. The summed E-state index contributed by atoms with van der Waals surface area (Å²) >= 11 is 1.64. The number of fused-ring (bicyclic) bond motifs is 1. The number of benzene rings is 3. The maximum absolute atomic E-state index is 12.7. The van der Waals surface area contributed by atoms with Gasteiger partial charge in [-0.1, -0.05) is 60.7 Å². The predicted octanol–water partition coefficient (Wildman–Crippen LogP) is 5.38. The van der Waals surface area contributed by atoms with Crippen LogP contribution in [0.4, 0.5) is 11.5 Å². The Morgan fingerprint density at radius 2 is 1.59 bits per heavy atom. The summed E-state index contributed by atoms with van der Waals surface area (Å²) in [5, 5.41) is 8.13. The average molecular weight is 441 g/mol. The van der Waals surface area contributed by atoms with Crippen LogP contribution in [0.15, 0.2) is 84.9 Å². The molecule has 0 saturated carbocycles. The standard InChI is InChI=1S/C26H24N4OS/c1-29(2)20-15-13-19(14-16-20)25-23-24(18-9-5-3-6-10-18)28-30(21-11-7-4-8-12-21)26(23)27-22(31)17-32-25/h3-16,25H,17H2,1-2H3,(H,27,31)/t25-/m1/s1. The molecule has 32 heavy (non-hydrogen) atoms. The Morgan fingerprint density at radius 1 is 0.938 bits per heavy atom. The molecule has 1 atom stereocenters. The zero-order valence-corrected chi connectivity index (χ0v) is 18.8. The van der Waals surface area contributed by atoms with Crippen LogP contribution >= 0.6 is 11.8 Å². The molecule has 5 nitrogen and oxygen atoms in total. The van der Waals surface area contributed by atoms with Crippen LogP contribution in [0.5, 0.6) is 0 Å². The first kappa shape index (κ1) is 20.4. The Bertz CT molecular complexity index is 1230. The van der Waals surface area contributed by atoms with Crippen molar-refractivity contribution < 1.29 is 4.79 Å². The number of aromatic nitrogens is 2. The van der Waals surface area contributed by atoms with Crippen LogP contribution in [0.1, 0.15) is 16.4 Å². The van der Waals surface area contributed by atoms with Gasteiger partial charge in [0, 0.05) is 30.9 Å². The molecule has 2 heterocycles. The highest BCUT2D eigenvalue weighted by Crippen LogP contribution is 2.47. The number of nitrogens with one attached hydrogen (secondary N) is 1. The number of carbonyl (C=O) groups excluding carboxylic acids is 1. The van der Waals surface area contributed by atoms with E-state index in [1.807, 2.05) is 67.3 Å². The molecule has 3 aromatic carbocycles. The molecule has 0 bridgehead atoms. The topological polar surface area (TPSA) is 50.2 Å². The summed E-state index contributed by atoms with van der Waals surface area (Å²) in [5.41, 5.74) is 6.17. The van der Waals surface area contributed by atoms with Crippen LogP contribution in [0.2, 0.25) is 0 Å². The number of hydrogen-bond acceptors (Lipinski definition) is 4. The van der Waals surface area contributed by atoms with Gasteiger partial charge in [0.1, 0.15) is 5.82 Å². The van der Waals surface area contributed by atoms with Crippen molar-refractivity contribution in [1.82, 2.24) is 9.78 Å². The van der Waals surface area contributed by atoms with Crippen LogP contribution in [0.25, 0.3) is 16.9 Å². The molecule has 1 N–H and O–H groups in total. The molecule has 0 fully saturated rings. The lowest BCUT2D eigenvalue weighted by atomic mass is 9.99. The quantitative estimate of drug-likeness (QED) is 0.463. The largest absolute Gasteiger partial charge is 0.378 e. The molecule has 0 unspecified atom stereocenters. The van der Waals surface area contributed by atoms with Crippen LogP contribution in [0, 0.1) is 0 Å². The van der Waals surface area contributed by atoms with Crippen LogP contribution in [-0.4, -0.2) is 35.5 Å². The van der Waals surface area contributed by atoms with Crippen LogP contribution in [0.3, 0.4) is 0 Å². The number of rotatable bonds is 4. The molecule has 1 aliphatic rings. The number of nitrogens with zero attached hydrogens (tertiary/aromatic N) is 3. The van der Waals surface area contributed by atoms with Gasteiger partial charge in [-0.3, -0.25) is 4.79 Å². The van der Waals surface area contributed by atoms with Gasteiger partial charge in [0.15, 0.2) is 0 Å². The zero-order valence-electron chi connectivity index (χ0n) is 18.0. The molecule has 0 aliphatic carbocycles. The fourth-order valence-corrected chi connectivity index (χ4v) is 5.11. The summed E-state index contributed by atoms with van der Waals surface area (Å²) in [7, 11) is 4.07. The van der Waals surface area contributed by atoms with E-state index in [0.717, 1.165) is 39.6 Å². The second-order valence-corrected chi connectivity index (χ2v) is 9.04. The SMILES string of the molecule is CN(C)c1ccc([C@H]2SCC(=O)Nc3c2c(-c2ccccc2)nn3-c2ccccc2)cc1. The molecule has 0 saturated heterocycles. The van der Waals surface area contributed by atoms with Gasteiger partial charge in [-0.2, -0.15) is 5.10 Å². The number of anilines is 2. The van der Waals surface area contributed by atoms with Crippen molar-refractivity contribution in [2.45, 2.75) is 5.25 Å². The first-order valence-corrected chi connectivity index (χ1v) is 11.6. The van der Waals surface area contributed by atoms with Gasteiger partial charge in [0.2, 0.25) is 5.91 Å². The normalized spacial score (nSPS) is 15.6. The molecule has 4 aromatic rings. The molecule has 1 amide bonds. The highest BCUT2D eigenvalue weighted by molar-refractivity contribution is 8.00. The molecule has 5 rings (SSSR count). The summed E-state index contributed by atoms with van der Waals surface area (Å²) in [6.07, 6.45) is 0. The van der Waals surface area contributed by atoms with Gasteiger partial charge in [-0.15, -0.1) is 11.8 Å². The Balaban J connectivity index is 1.74. The fraction of sp³-hybridized carbons (Fsp3) is 0.154. The van der Waals surface area contributed by atoms with E-state index in [1.54, 1.807) is 11.8 Å². The van der Waals surface area contributed by atoms with Gasteiger partial charge in [0.05, 0.1) is 22.4 Å². The summed E-state index contributed by atoms with van der Waals surface area (Å²) in [6.45, 7) is 0. The lowest BCUT2D eigenvalue weighted by molar-refractivity contribution is -0.113. The number of amides is 1. The lowest BCUT2D eigenvalue weighted by Crippen LogP contribution is -2.15. The van der Waals surface area contributed by atoms with Gasteiger partial charge in [-0.25, -0.2) is 4.68 Å². The van der Waals surface area contributed by atoms with E-state index < -0.39 is 0 Å². The van der Waals surface area contributed by atoms with Gasteiger partial charge in [0.25, 0.3) is 0 Å². The summed E-state index contributed by atoms with van der Waals surface area (Å²) in [4.78, 5) is 14.8.